The van der Waals surface area contributed by atoms with Crippen molar-refractivity contribution in [3.05, 3.63) is 124 Å². The van der Waals surface area contributed by atoms with E-state index >= 15 is 0 Å². The van der Waals surface area contributed by atoms with Gasteiger partial charge in [-0.1, -0.05) is 71.7 Å². The molecule has 2 heterocycles. The second-order valence-corrected chi connectivity index (χ2v) is 9.91. The van der Waals surface area contributed by atoms with Crippen molar-refractivity contribution in [3.63, 3.8) is 0 Å². The van der Waals surface area contributed by atoms with E-state index in [1.807, 2.05) is 36.4 Å². The molecule has 0 saturated carbocycles. The van der Waals surface area contributed by atoms with E-state index in [4.69, 9.17) is 32.8 Å². The molecule has 7 nitrogen and oxygen atoms in total. The van der Waals surface area contributed by atoms with Crippen molar-refractivity contribution in [2.45, 2.75) is 12.1 Å². The number of carbonyl (C=O) groups excluding carboxylic acids is 3. The van der Waals surface area contributed by atoms with Gasteiger partial charge in [-0.15, -0.1) is 0 Å². The van der Waals surface area contributed by atoms with Crippen molar-refractivity contribution in [3.8, 4) is 5.75 Å². The average molecular weight is 559 g/mol. The molecule has 0 radical (unpaired) electrons. The predicted octanol–water partition coefficient (Wildman–Crippen LogP) is 6.26. The summed E-state index contributed by atoms with van der Waals surface area (Å²) >= 11 is 12.2. The number of hydroxylamine groups is 1. The topological polar surface area (TPSA) is 76.2 Å². The summed E-state index contributed by atoms with van der Waals surface area (Å²) in [6.45, 7) is 0. The van der Waals surface area contributed by atoms with Crippen molar-refractivity contribution >= 4 is 52.4 Å². The predicted molar refractivity (Wildman–Crippen MR) is 147 cm³/mol. The second-order valence-electron chi connectivity index (χ2n) is 9.09. The van der Waals surface area contributed by atoms with Gasteiger partial charge in [-0.2, -0.15) is 0 Å². The molecule has 2 fully saturated rings. The van der Waals surface area contributed by atoms with Crippen molar-refractivity contribution < 1.29 is 24.0 Å². The van der Waals surface area contributed by atoms with Crippen molar-refractivity contribution in [2.75, 3.05) is 9.96 Å². The number of amides is 2. The number of hydrogen-bond acceptors (Lipinski definition) is 6. The fourth-order valence-electron chi connectivity index (χ4n) is 4.90. The molecule has 2 aliphatic rings. The molecule has 0 spiro atoms. The number of esters is 1. The Labute approximate surface area is 234 Å². The number of benzene rings is 4. The summed E-state index contributed by atoms with van der Waals surface area (Å²) in [5, 5.41) is 2.15. The van der Waals surface area contributed by atoms with Crippen LogP contribution in [0.5, 0.6) is 5.75 Å². The highest BCUT2D eigenvalue weighted by molar-refractivity contribution is 6.42. The highest BCUT2D eigenvalue weighted by Gasteiger charge is 2.60. The maximum Gasteiger partial charge on any atom is 0.343 e. The number of anilines is 2. The SMILES string of the molecule is O=C(Oc1ccc([C@@H]2[C@H]3C(=O)N(c4ccc(Cl)c(Cl)c4)C(=O)[C@H]3ON2c2ccccc2)cc1)c1ccccc1. The summed E-state index contributed by atoms with van der Waals surface area (Å²) in [6, 6.07) is 28.8. The Balaban J connectivity index is 1.33. The van der Waals surface area contributed by atoms with Crippen LogP contribution in [0.15, 0.2) is 103 Å². The van der Waals surface area contributed by atoms with Gasteiger partial charge < -0.3 is 4.74 Å². The summed E-state index contributed by atoms with van der Waals surface area (Å²) in [7, 11) is 0. The molecule has 2 amide bonds. The lowest BCUT2D eigenvalue weighted by molar-refractivity contribution is -0.126. The van der Waals surface area contributed by atoms with Gasteiger partial charge in [-0.25, -0.2) is 14.8 Å². The maximum atomic E-state index is 13.8. The number of fused-ring (bicyclic) bond motifs is 1. The summed E-state index contributed by atoms with van der Waals surface area (Å²) in [5.74, 6) is -1.86. The number of rotatable bonds is 5. The van der Waals surface area contributed by atoms with Crippen LogP contribution in [0, 0.1) is 5.92 Å². The first kappa shape index (κ1) is 25.1. The molecule has 9 heteroatoms. The van der Waals surface area contributed by atoms with Gasteiger partial charge in [-0.05, 0) is 60.2 Å². The number of imide groups is 1. The lowest BCUT2D eigenvalue weighted by Crippen LogP contribution is -2.37. The molecule has 0 aromatic heterocycles. The molecule has 6 rings (SSSR count). The zero-order chi connectivity index (χ0) is 27.1. The van der Waals surface area contributed by atoms with E-state index in [0.29, 0.717) is 33.3 Å². The zero-order valence-electron chi connectivity index (χ0n) is 20.2. The van der Waals surface area contributed by atoms with Crippen LogP contribution in [0.3, 0.4) is 0 Å². The van der Waals surface area contributed by atoms with Crippen LogP contribution in [0.4, 0.5) is 11.4 Å². The Morgan fingerprint density at radius 3 is 2.08 bits per heavy atom. The number of hydrogen-bond donors (Lipinski definition) is 0. The van der Waals surface area contributed by atoms with E-state index < -0.39 is 35.8 Å². The summed E-state index contributed by atoms with van der Waals surface area (Å²) in [6.07, 6.45) is -1.03. The highest BCUT2D eigenvalue weighted by Crippen LogP contribution is 2.48. The fraction of sp³-hybridized carbons (Fsp3) is 0.100. The number of carbonyl (C=O) groups is 3. The van der Waals surface area contributed by atoms with Gasteiger partial charge in [-0.3, -0.25) is 14.4 Å². The number of nitrogens with zero attached hydrogens (tertiary/aromatic N) is 2. The molecule has 0 N–H and O–H groups in total. The third kappa shape index (κ3) is 4.55. The van der Waals surface area contributed by atoms with Crippen molar-refractivity contribution in [1.29, 1.82) is 0 Å². The van der Waals surface area contributed by atoms with Gasteiger partial charge in [0.15, 0.2) is 6.10 Å². The van der Waals surface area contributed by atoms with E-state index in [-0.39, 0.29) is 5.02 Å². The molecule has 0 aliphatic carbocycles. The third-order valence-corrected chi connectivity index (χ3v) is 7.47. The van der Waals surface area contributed by atoms with Crippen LogP contribution >= 0.6 is 23.2 Å². The van der Waals surface area contributed by atoms with E-state index in [0.717, 1.165) is 4.90 Å². The molecule has 194 valence electrons. The van der Waals surface area contributed by atoms with Crippen LogP contribution in [0.1, 0.15) is 22.0 Å². The Morgan fingerprint density at radius 2 is 1.41 bits per heavy atom. The first-order valence-corrected chi connectivity index (χ1v) is 12.9. The summed E-state index contributed by atoms with van der Waals surface area (Å²) in [4.78, 5) is 47.0. The number of ether oxygens (including phenoxy) is 1. The number of para-hydroxylation sites is 1. The van der Waals surface area contributed by atoms with Gasteiger partial charge in [0.1, 0.15) is 11.7 Å². The molecule has 4 aromatic carbocycles. The van der Waals surface area contributed by atoms with Crippen molar-refractivity contribution in [2.24, 2.45) is 5.92 Å². The zero-order valence-corrected chi connectivity index (χ0v) is 21.8. The number of halogens is 2. The molecule has 2 aliphatic heterocycles. The molecule has 4 aromatic rings. The minimum absolute atomic E-state index is 0.232. The van der Waals surface area contributed by atoms with Crippen LogP contribution in [0.25, 0.3) is 0 Å². The molecule has 39 heavy (non-hydrogen) atoms. The smallest absolute Gasteiger partial charge is 0.343 e. The minimum Gasteiger partial charge on any atom is -0.423 e. The maximum absolute atomic E-state index is 13.8. The van der Waals surface area contributed by atoms with E-state index in [1.54, 1.807) is 59.7 Å². The van der Waals surface area contributed by atoms with Gasteiger partial charge in [0.05, 0.1) is 33.0 Å². The molecular formula is C30H20Cl2N2O5. The van der Waals surface area contributed by atoms with Crippen LogP contribution in [-0.4, -0.2) is 23.9 Å². The average Bonchev–Trinajstić information content (AvgIpc) is 3.47. The quantitative estimate of drug-likeness (QED) is 0.163. The van der Waals surface area contributed by atoms with E-state index in [1.165, 1.54) is 12.1 Å². The van der Waals surface area contributed by atoms with E-state index in [9.17, 15) is 14.4 Å². The Hall–Kier alpha value is -4.17. The molecule has 0 unspecified atom stereocenters. The second kappa shape index (κ2) is 10.2. The van der Waals surface area contributed by atoms with Crippen LogP contribution in [0.2, 0.25) is 10.0 Å². The van der Waals surface area contributed by atoms with Gasteiger partial charge in [0.2, 0.25) is 5.91 Å². The third-order valence-electron chi connectivity index (χ3n) is 6.73. The summed E-state index contributed by atoms with van der Waals surface area (Å²) in [5.41, 5.74) is 2.16. The van der Waals surface area contributed by atoms with Gasteiger partial charge >= 0.3 is 5.97 Å². The Morgan fingerprint density at radius 1 is 0.744 bits per heavy atom. The lowest BCUT2D eigenvalue weighted by atomic mass is 9.90. The molecule has 3 atom stereocenters. The fourth-order valence-corrected chi connectivity index (χ4v) is 5.20. The largest absolute Gasteiger partial charge is 0.423 e. The molecule has 2 saturated heterocycles. The monoisotopic (exact) mass is 558 g/mol. The first-order valence-electron chi connectivity index (χ1n) is 12.1. The van der Waals surface area contributed by atoms with Crippen LogP contribution < -0.4 is 14.7 Å². The Kier molecular flexibility index (Phi) is 6.56. The van der Waals surface area contributed by atoms with Gasteiger partial charge in [0, 0.05) is 0 Å². The summed E-state index contributed by atoms with van der Waals surface area (Å²) < 4.78 is 5.51. The van der Waals surface area contributed by atoms with E-state index in [2.05, 4.69) is 0 Å². The standard InChI is InChI=1S/C30H20Cl2N2O5/c31-23-16-13-21(17-24(23)32)33-28(35)25-26(34(39-27(25)29(33)36)20-9-5-2-6-10-20)18-11-14-22(15-12-18)38-30(37)19-7-3-1-4-8-19/h1-17,25-27H/t25-,26-,27+/m1/s1. The molecular weight excluding hydrogens is 539 g/mol. The minimum atomic E-state index is -1.03. The Bertz CT molecular complexity index is 1560. The lowest BCUT2D eigenvalue weighted by Gasteiger charge is -2.29. The van der Waals surface area contributed by atoms with Crippen molar-refractivity contribution in [1.82, 2.24) is 0 Å². The highest BCUT2D eigenvalue weighted by atomic mass is 35.5. The first-order chi connectivity index (χ1) is 18.9. The van der Waals surface area contributed by atoms with Crippen LogP contribution in [-0.2, 0) is 14.4 Å². The normalized spacial score (nSPS) is 20.3. The van der Waals surface area contributed by atoms with Gasteiger partial charge in [0.25, 0.3) is 5.91 Å². The molecule has 0 bridgehead atoms.